The highest BCUT2D eigenvalue weighted by Crippen LogP contribution is 2.21. The van der Waals surface area contributed by atoms with E-state index in [2.05, 4.69) is 20.4 Å². The molecule has 32 heavy (non-hydrogen) atoms. The number of benzene rings is 2. The first-order valence-corrected chi connectivity index (χ1v) is 10.3. The fourth-order valence-electron chi connectivity index (χ4n) is 3.74. The zero-order chi connectivity index (χ0) is 22.2. The predicted octanol–water partition coefficient (Wildman–Crippen LogP) is 2.99. The van der Waals surface area contributed by atoms with E-state index in [4.69, 9.17) is 0 Å². The average molecular weight is 427 g/mol. The molecule has 0 aliphatic carbocycles. The molecule has 9 nitrogen and oxygen atoms in total. The van der Waals surface area contributed by atoms with Crippen molar-refractivity contribution in [3.05, 3.63) is 83.6 Å². The zero-order valence-electron chi connectivity index (χ0n) is 17.6. The molecule has 0 saturated carbocycles. The first-order chi connectivity index (χ1) is 15.5. The van der Waals surface area contributed by atoms with Crippen molar-refractivity contribution >= 4 is 28.1 Å². The zero-order valence-corrected chi connectivity index (χ0v) is 17.6. The summed E-state index contributed by atoms with van der Waals surface area (Å²) in [5.41, 5.74) is 2.26. The fourth-order valence-corrected chi connectivity index (χ4v) is 3.74. The Kier molecular flexibility index (Phi) is 4.78. The fraction of sp³-hybridized carbons (Fsp3) is 0.174. The lowest BCUT2D eigenvalue weighted by molar-refractivity contribution is -0.117. The molecule has 5 rings (SSSR count). The number of imidazole rings is 1. The van der Waals surface area contributed by atoms with Gasteiger partial charge in [-0.25, -0.2) is 23.8 Å². The summed E-state index contributed by atoms with van der Waals surface area (Å²) in [5.74, 6) is 0.264. The van der Waals surface area contributed by atoms with E-state index in [1.807, 2.05) is 56.3 Å². The number of nitrogens with one attached hydrogen (secondary N) is 1. The van der Waals surface area contributed by atoms with E-state index in [-0.39, 0.29) is 24.1 Å². The number of amides is 1. The van der Waals surface area contributed by atoms with Crippen LogP contribution in [0.2, 0.25) is 0 Å². The Labute approximate surface area is 183 Å². The van der Waals surface area contributed by atoms with Crippen LogP contribution in [0.5, 0.6) is 0 Å². The molecule has 2 aromatic carbocycles. The molecule has 0 unspecified atom stereocenters. The quantitative estimate of drug-likeness (QED) is 0.465. The highest BCUT2D eigenvalue weighted by atomic mass is 16.2. The molecule has 0 fully saturated rings. The maximum atomic E-state index is 13.2. The molecular weight excluding hydrogens is 406 g/mol. The number of carbonyl (C=O) groups is 1. The van der Waals surface area contributed by atoms with Crippen molar-refractivity contribution in [3.63, 3.8) is 0 Å². The highest BCUT2D eigenvalue weighted by Gasteiger charge is 2.19. The minimum absolute atomic E-state index is 0.00772. The summed E-state index contributed by atoms with van der Waals surface area (Å²) in [6.07, 6.45) is 5.12. The van der Waals surface area contributed by atoms with Crippen molar-refractivity contribution < 1.29 is 4.79 Å². The van der Waals surface area contributed by atoms with Crippen LogP contribution in [0, 0.1) is 0 Å². The standard InChI is InChI=1S/C23H21N7O2/c1-15(2)21-26-17-8-4-3-7-16(17)22-27-29(23(32)30(21)22)13-20(31)25-18-9-5-6-10-19(18)28-12-11-24-14-28/h3-12,14-15H,13H2,1-2H3,(H,25,31). The van der Waals surface area contributed by atoms with Crippen LogP contribution < -0.4 is 11.0 Å². The lowest BCUT2D eigenvalue weighted by Crippen LogP contribution is -2.29. The van der Waals surface area contributed by atoms with Crippen molar-refractivity contribution in [3.8, 4) is 5.69 Å². The van der Waals surface area contributed by atoms with Crippen LogP contribution in [-0.4, -0.2) is 34.6 Å². The molecule has 0 spiro atoms. The Balaban J connectivity index is 1.52. The van der Waals surface area contributed by atoms with Gasteiger partial charge in [-0.05, 0) is 24.3 Å². The second-order valence-corrected chi connectivity index (χ2v) is 7.78. The average Bonchev–Trinajstić information content (AvgIpc) is 3.43. The molecule has 1 amide bonds. The van der Waals surface area contributed by atoms with Gasteiger partial charge in [0, 0.05) is 23.7 Å². The van der Waals surface area contributed by atoms with Gasteiger partial charge >= 0.3 is 5.69 Å². The molecule has 0 radical (unpaired) electrons. The third-order valence-electron chi connectivity index (χ3n) is 5.22. The van der Waals surface area contributed by atoms with E-state index >= 15 is 0 Å². The van der Waals surface area contributed by atoms with Gasteiger partial charge in [-0.3, -0.25) is 4.79 Å². The van der Waals surface area contributed by atoms with Gasteiger partial charge in [0.25, 0.3) is 0 Å². The van der Waals surface area contributed by atoms with Gasteiger partial charge in [-0.2, -0.15) is 0 Å². The molecule has 3 aromatic heterocycles. The number of nitrogens with zero attached hydrogens (tertiary/aromatic N) is 6. The third-order valence-corrected chi connectivity index (χ3v) is 5.22. The molecule has 0 saturated heterocycles. The summed E-state index contributed by atoms with van der Waals surface area (Å²) >= 11 is 0. The topological polar surface area (TPSA) is 99.1 Å². The van der Waals surface area contributed by atoms with E-state index in [0.717, 1.165) is 16.6 Å². The number of anilines is 1. The summed E-state index contributed by atoms with van der Waals surface area (Å²) in [6.45, 7) is 3.73. The van der Waals surface area contributed by atoms with Crippen molar-refractivity contribution in [2.24, 2.45) is 0 Å². The second kappa shape index (κ2) is 7.77. The highest BCUT2D eigenvalue weighted by molar-refractivity contribution is 5.93. The van der Waals surface area contributed by atoms with Gasteiger partial charge in [0.15, 0.2) is 5.65 Å². The van der Waals surface area contributed by atoms with Gasteiger partial charge in [0.1, 0.15) is 12.4 Å². The van der Waals surface area contributed by atoms with E-state index in [9.17, 15) is 9.59 Å². The molecule has 0 aliphatic heterocycles. The number of para-hydroxylation sites is 3. The van der Waals surface area contributed by atoms with Crippen molar-refractivity contribution in [1.29, 1.82) is 0 Å². The monoisotopic (exact) mass is 427 g/mol. The molecule has 160 valence electrons. The number of aromatic nitrogens is 6. The molecule has 5 aromatic rings. The number of fused-ring (bicyclic) bond motifs is 3. The van der Waals surface area contributed by atoms with Crippen molar-refractivity contribution in [2.45, 2.75) is 26.3 Å². The molecule has 0 bridgehead atoms. The van der Waals surface area contributed by atoms with E-state index in [0.29, 0.717) is 17.2 Å². The number of hydrogen-bond donors (Lipinski definition) is 1. The minimum Gasteiger partial charge on any atom is -0.323 e. The summed E-state index contributed by atoms with van der Waals surface area (Å²) in [6, 6.07) is 14.9. The summed E-state index contributed by atoms with van der Waals surface area (Å²) in [4.78, 5) is 34.7. The van der Waals surface area contributed by atoms with Crippen LogP contribution in [-0.2, 0) is 11.3 Å². The van der Waals surface area contributed by atoms with E-state index in [1.165, 1.54) is 9.08 Å². The summed E-state index contributed by atoms with van der Waals surface area (Å²) in [5, 5.41) is 8.13. The Morgan fingerprint density at radius 2 is 1.88 bits per heavy atom. The number of hydrogen-bond acceptors (Lipinski definition) is 5. The largest absolute Gasteiger partial charge is 0.352 e. The molecule has 3 heterocycles. The molecule has 0 aliphatic rings. The van der Waals surface area contributed by atoms with Crippen molar-refractivity contribution in [2.75, 3.05) is 5.32 Å². The Bertz CT molecular complexity index is 1500. The maximum absolute atomic E-state index is 13.2. The number of rotatable bonds is 5. The Hall–Kier alpha value is -4.27. The van der Waals surface area contributed by atoms with E-state index < -0.39 is 0 Å². The number of carbonyl (C=O) groups excluding carboxylic acids is 1. The third kappa shape index (κ3) is 3.33. The molecular formula is C23H21N7O2. The van der Waals surface area contributed by atoms with E-state index in [1.54, 1.807) is 29.4 Å². The molecule has 1 N–H and O–H groups in total. The summed E-state index contributed by atoms with van der Waals surface area (Å²) in [7, 11) is 0. The SMILES string of the molecule is CC(C)c1nc2ccccc2c2nn(CC(=O)Nc3ccccc3-n3ccnc3)c(=O)n12. The summed E-state index contributed by atoms with van der Waals surface area (Å²) < 4.78 is 4.49. The van der Waals surface area contributed by atoms with Gasteiger partial charge in [-0.1, -0.05) is 38.1 Å². The lowest BCUT2D eigenvalue weighted by atomic mass is 10.2. The Morgan fingerprint density at radius 1 is 1.09 bits per heavy atom. The minimum atomic E-state index is -0.389. The lowest BCUT2D eigenvalue weighted by Gasteiger charge is -2.11. The van der Waals surface area contributed by atoms with Gasteiger partial charge in [-0.15, -0.1) is 5.10 Å². The van der Waals surface area contributed by atoms with Crippen LogP contribution in [0.15, 0.2) is 72.0 Å². The smallest absolute Gasteiger partial charge is 0.323 e. The molecule has 0 atom stereocenters. The van der Waals surface area contributed by atoms with Crippen LogP contribution in [0.4, 0.5) is 5.69 Å². The van der Waals surface area contributed by atoms with Crippen LogP contribution in [0.25, 0.3) is 22.2 Å². The van der Waals surface area contributed by atoms with Gasteiger partial charge < -0.3 is 9.88 Å². The Morgan fingerprint density at radius 3 is 2.66 bits per heavy atom. The van der Waals surface area contributed by atoms with Gasteiger partial charge in [0.2, 0.25) is 5.91 Å². The first kappa shape index (κ1) is 19.7. The predicted molar refractivity (Wildman–Crippen MR) is 121 cm³/mol. The van der Waals surface area contributed by atoms with Crippen LogP contribution in [0.1, 0.15) is 25.6 Å². The second-order valence-electron chi connectivity index (χ2n) is 7.78. The maximum Gasteiger partial charge on any atom is 0.352 e. The van der Waals surface area contributed by atoms with Crippen LogP contribution in [0.3, 0.4) is 0 Å². The van der Waals surface area contributed by atoms with Crippen LogP contribution >= 0.6 is 0 Å². The van der Waals surface area contributed by atoms with Gasteiger partial charge in [0.05, 0.1) is 23.2 Å². The normalized spacial score (nSPS) is 11.5. The first-order valence-electron chi connectivity index (χ1n) is 10.3. The van der Waals surface area contributed by atoms with Crippen molar-refractivity contribution in [1.82, 2.24) is 28.7 Å². The molecule has 9 heteroatoms.